The summed E-state index contributed by atoms with van der Waals surface area (Å²) in [5.41, 5.74) is 0.175. The second-order valence-electron chi connectivity index (χ2n) is 8.11. The van der Waals surface area contributed by atoms with Crippen LogP contribution in [0, 0.1) is 10.1 Å². The fourth-order valence-electron chi connectivity index (χ4n) is 3.63. The molecule has 3 amide bonds. The van der Waals surface area contributed by atoms with E-state index in [0.29, 0.717) is 10.0 Å². The summed E-state index contributed by atoms with van der Waals surface area (Å²) in [5.74, 6) is -3.16. The Hall–Kier alpha value is -4.90. The Balaban J connectivity index is 1.49. The number of nitrogens with zero attached hydrogens (tertiary/aromatic N) is 3. The highest BCUT2D eigenvalue weighted by Gasteiger charge is 2.38. The Kier molecular flexibility index (Phi) is 7.58. The van der Waals surface area contributed by atoms with E-state index in [9.17, 15) is 34.1 Å². The molecule has 0 radical (unpaired) electrons. The van der Waals surface area contributed by atoms with Crippen molar-refractivity contribution < 1.29 is 33.6 Å². The van der Waals surface area contributed by atoms with Gasteiger partial charge in [-0.15, -0.1) is 0 Å². The average Bonchev–Trinajstić information content (AvgIpc) is 3.25. The fraction of sp³-hybridized carbons (Fsp3) is 0.115. The van der Waals surface area contributed by atoms with Crippen molar-refractivity contribution in [2.75, 3.05) is 6.54 Å². The maximum Gasteiger partial charge on any atom is 0.343 e. The number of carbonyl (C=O) groups excluding carboxylic acids is 5. The van der Waals surface area contributed by atoms with Gasteiger partial charge in [0, 0.05) is 41.1 Å². The molecule has 0 unspecified atom stereocenters. The van der Waals surface area contributed by atoms with Gasteiger partial charge in [0.25, 0.3) is 11.6 Å². The summed E-state index contributed by atoms with van der Waals surface area (Å²) in [5, 5.41) is 12.6. The second kappa shape index (κ2) is 11.0. The third-order valence-electron chi connectivity index (χ3n) is 5.59. The molecule has 4 rings (SSSR count). The van der Waals surface area contributed by atoms with E-state index in [1.165, 1.54) is 72.8 Å². The van der Waals surface area contributed by atoms with Crippen LogP contribution in [0.3, 0.4) is 0 Å². The molecule has 1 aliphatic heterocycles. The molecular weight excluding hydrogens is 518 g/mol. The number of imide groups is 1. The van der Waals surface area contributed by atoms with Crippen molar-refractivity contribution in [2.45, 2.75) is 12.8 Å². The lowest BCUT2D eigenvalue weighted by molar-refractivity contribution is -0.384. The van der Waals surface area contributed by atoms with Crippen LogP contribution in [0.5, 0.6) is 5.75 Å². The van der Waals surface area contributed by atoms with Crippen LogP contribution in [0.2, 0.25) is 5.02 Å². The maximum absolute atomic E-state index is 13.2. The number of nitro groups is 1. The van der Waals surface area contributed by atoms with Gasteiger partial charge in [0.2, 0.25) is 11.8 Å². The number of benzene rings is 3. The molecule has 1 aliphatic rings. The maximum atomic E-state index is 13.2. The molecule has 1 fully saturated rings. The number of ketones is 1. The number of hydrazine groups is 1. The van der Waals surface area contributed by atoms with E-state index in [0.717, 1.165) is 5.01 Å². The number of halogens is 1. The van der Waals surface area contributed by atoms with Crippen LogP contribution in [0.25, 0.3) is 0 Å². The number of rotatable bonds is 8. The normalized spacial score (nSPS) is 12.8. The molecule has 192 valence electrons. The zero-order chi connectivity index (χ0) is 27.4. The van der Waals surface area contributed by atoms with Crippen LogP contribution in [0.1, 0.15) is 43.9 Å². The van der Waals surface area contributed by atoms with Crippen molar-refractivity contribution in [3.05, 3.63) is 105 Å². The molecule has 0 spiro atoms. The largest absolute Gasteiger partial charge is 0.423 e. The van der Waals surface area contributed by atoms with Crippen molar-refractivity contribution in [2.24, 2.45) is 0 Å². The van der Waals surface area contributed by atoms with E-state index >= 15 is 0 Å². The SMILES string of the molecule is O=C(CN(C(=O)c1ccc(Cl)cc1)N1C(=O)CCC1=O)c1ccc(OC(=O)c2ccc([N+](=O)[O-])cc2)cc1. The van der Waals surface area contributed by atoms with Crippen molar-refractivity contribution in [3.63, 3.8) is 0 Å². The third kappa shape index (κ3) is 5.73. The molecule has 3 aromatic carbocycles. The van der Waals surface area contributed by atoms with Gasteiger partial charge in [-0.25, -0.2) is 9.80 Å². The van der Waals surface area contributed by atoms with Gasteiger partial charge in [0.15, 0.2) is 5.78 Å². The molecule has 38 heavy (non-hydrogen) atoms. The smallest absolute Gasteiger partial charge is 0.343 e. The Morgan fingerprint density at radius 1 is 0.842 bits per heavy atom. The summed E-state index contributed by atoms with van der Waals surface area (Å²) in [6.07, 6.45) is -0.154. The first-order chi connectivity index (χ1) is 18.1. The zero-order valence-electron chi connectivity index (χ0n) is 19.5. The number of nitro benzene ring substituents is 1. The predicted molar refractivity (Wildman–Crippen MR) is 132 cm³/mol. The number of esters is 1. The number of carbonyl (C=O) groups is 5. The summed E-state index contributed by atoms with van der Waals surface area (Å²) < 4.78 is 5.24. The Morgan fingerprint density at radius 2 is 1.37 bits per heavy atom. The van der Waals surface area contributed by atoms with Crippen LogP contribution >= 0.6 is 11.6 Å². The highest BCUT2D eigenvalue weighted by Crippen LogP contribution is 2.21. The number of hydrogen-bond donors (Lipinski definition) is 0. The second-order valence-corrected chi connectivity index (χ2v) is 8.55. The Morgan fingerprint density at radius 3 is 1.92 bits per heavy atom. The van der Waals surface area contributed by atoms with Gasteiger partial charge in [0.1, 0.15) is 12.3 Å². The lowest BCUT2D eigenvalue weighted by atomic mass is 10.1. The first-order valence-corrected chi connectivity index (χ1v) is 11.5. The molecule has 0 aromatic heterocycles. The van der Waals surface area contributed by atoms with Crippen LogP contribution in [0.4, 0.5) is 5.69 Å². The van der Waals surface area contributed by atoms with E-state index in [1.807, 2.05) is 0 Å². The molecule has 1 heterocycles. The topological polar surface area (TPSA) is 144 Å². The molecule has 0 bridgehead atoms. The minimum Gasteiger partial charge on any atom is -0.423 e. The van der Waals surface area contributed by atoms with Gasteiger partial charge in [-0.2, -0.15) is 5.01 Å². The average molecular weight is 536 g/mol. The molecule has 12 heteroatoms. The highest BCUT2D eigenvalue weighted by molar-refractivity contribution is 6.30. The monoisotopic (exact) mass is 535 g/mol. The molecule has 1 saturated heterocycles. The first kappa shape index (κ1) is 26.2. The van der Waals surface area contributed by atoms with Gasteiger partial charge in [-0.05, 0) is 60.7 Å². The van der Waals surface area contributed by atoms with Gasteiger partial charge in [-0.3, -0.25) is 29.3 Å². The fourth-order valence-corrected chi connectivity index (χ4v) is 3.76. The van der Waals surface area contributed by atoms with Gasteiger partial charge in [0.05, 0.1) is 10.5 Å². The number of amides is 3. The van der Waals surface area contributed by atoms with Gasteiger partial charge in [-0.1, -0.05) is 11.6 Å². The molecule has 0 aliphatic carbocycles. The molecule has 3 aromatic rings. The predicted octanol–water partition coefficient (Wildman–Crippen LogP) is 3.86. The first-order valence-electron chi connectivity index (χ1n) is 11.2. The summed E-state index contributed by atoms with van der Waals surface area (Å²) in [6.45, 7) is -0.596. The van der Waals surface area contributed by atoms with Crippen molar-refractivity contribution in [1.82, 2.24) is 10.0 Å². The minimum absolute atomic E-state index is 0.0771. The van der Waals surface area contributed by atoms with Crippen LogP contribution in [-0.2, 0) is 9.59 Å². The van der Waals surface area contributed by atoms with Gasteiger partial charge >= 0.3 is 5.97 Å². The molecule has 0 atom stereocenters. The molecule has 11 nitrogen and oxygen atoms in total. The van der Waals surface area contributed by atoms with Crippen molar-refractivity contribution >= 4 is 46.8 Å². The number of non-ortho nitro benzene ring substituents is 1. The minimum atomic E-state index is -0.759. The van der Waals surface area contributed by atoms with Crippen molar-refractivity contribution in [3.8, 4) is 5.75 Å². The number of Topliss-reactive ketones (excluding diaryl/α,β-unsaturated/α-hetero) is 1. The number of hydrogen-bond acceptors (Lipinski definition) is 8. The van der Waals surface area contributed by atoms with Crippen LogP contribution in [0.15, 0.2) is 72.8 Å². The van der Waals surface area contributed by atoms with E-state index in [2.05, 4.69) is 0 Å². The quantitative estimate of drug-likeness (QED) is 0.106. The standard InChI is InChI=1S/C26H18ClN3O8/c27-19-7-1-17(2-8-19)25(34)28(29-23(32)13-14-24(29)33)15-22(31)16-5-11-21(12-6-16)38-26(35)18-3-9-20(10-4-18)30(36)37/h1-12H,13-15H2. The summed E-state index contributed by atoms with van der Waals surface area (Å²) >= 11 is 5.88. The molecular formula is C26H18ClN3O8. The van der Waals surface area contributed by atoms with Crippen LogP contribution in [-0.4, -0.2) is 51.0 Å². The zero-order valence-corrected chi connectivity index (χ0v) is 20.3. The lowest BCUT2D eigenvalue weighted by Crippen LogP contribution is -2.51. The number of ether oxygens (including phenoxy) is 1. The van der Waals surface area contributed by atoms with Crippen LogP contribution < -0.4 is 4.74 Å². The third-order valence-corrected chi connectivity index (χ3v) is 5.84. The summed E-state index contributed by atoms with van der Waals surface area (Å²) in [6, 6.07) is 16.1. The Labute approximate surface area is 220 Å². The molecule has 0 N–H and O–H groups in total. The van der Waals surface area contributed by atoms with E-state index in [-0.39, 0.29) is 41.0 Å². The van der Waals surface area contributed by atoms with E-state index in [1.54, 1.807) is 0 Å². The van der Waals surface area contributed by atoms with E-state index < -0.39 is 40.9 Å². The van der Waals surface area contributed by atoms with Crippen molar-refractivity contribution in [1.29, 1.82) is 0 Å². The van der Waals surface area contributed by atoms with E-state index in [4.69, 9.17) is 16.3 Å². The Bertz CT molecular complexity index is 1420. The molecule has 0 saturated carbocycles. The lowest BCUT2D eigenvalue weighted by Gasteiger charge is -2.29. The summed E-state index contributed by atoms with van der Waals surface area (Å²) in [7, 11) is 0. The highest BCUT2D eigenvalue weighted by atomic mass is 35.5. The summed E-state index contributed by atoms with van der Waals surface area (Å²) in [4.78, 5) is 73.4. The van der Waals surface area contributed by atoms with Gasteiger partial charge < -0.3 is 4.74 Å².